The minimum Gasteiger partial charge on any atom is -0.330 e. The van der Waals surface area contributed by atoms with Gasteiger partial charge in [0.05, 0.1) is 11.4 Å². The summed E-state index contributed by atoms with van der Waals surface area (Å²) < 4.78 is 0. The van der Waals surface area contributed by atoms with Crippen LogP contribution in [0.5, 0.6) is 0 Å². The predicted molar refractivity (Wildman–Crippen MR) is 82.4 cm³/mol. The number of nitrogens with two attached hydrogens (primary N) is 1. The Bertz CT molecular complexity index is 385. The van der Waals surface area contributed by atoms with E-state index >= 15 is 0 Å². The Hall–Kier alpha value is -0.650. The summed E-state index contributed by atoms with van der Waals surface area (Å²) in [5.41, 5.74) is 6.37. The quantitative estimate of drug-likeness (QED) is 0.756. The third kappa shape index (κ3) is 5.33. The summed E-state index contributed by atoms with van der Waals surface area (Å²) in [5.74, 6) is 0.523. The summed E-state index contributed by atoms with van der Waals surface area (Å²) in [4.78, 5) is 12.9. The fourth-order valence-corrected chi connectivity index (χ4v) is 2.83. The molecule has 0 spiro atoms. The average molecular weight is 284 g/mol. The second-order valence-electron chi connectivity index (χ2n) is 3.95. The molecule has 0 radical (unpaired) electrons. The molecule has 1 aromatic rings. The Morgan fingerprint density at radius 2 is 2.17 bits per heavy atom. The van der Waals surface area contributed by atoms with Crippen LogP contribution in [0.4, 0.5) is 5.69 Å². The molecule has 0 aliphatic heterocycles. The first-order valence-corrected chi connectivity index (χ1v) is 8.19. The largest absolute Gasteiger partial charge is 0.330 e. The second-order valence-corrected chi connectivity index (χ2v) is 6.22. The maximum atomic E-state index is 11.8. The van der Waals surface area contributed by atoms with Gasteiger partial charge in [-0.25, -0.2) is 0 Å². The normalized spacial score (nSPS) is 12.2. The molecule has 5 heteroatoms. The molecule has 1 amide bonds. The lowest BCUT2D eigenvalue weighted by Crippen LogP contribution is -2.17. The lowest BCUT2D eigenvalue weighted by Gasteiger charge is -2.11. The van der Waals surface area contributed by atoms with Crippen molar-refractivity contribution in [2.45, 2.75) is 23.5 Å². The summed E-state index contributed by atoms with van der Waals surface area (Å²) in [6.45, 7) is 2.77. The molecule has 0 heterocycles. The number of anilines is 1. The molecule has 0 aliphatic carbocycles. The fourth-order valence-electron chi connectivity index (χ4n) is 1.47. The molecule has 3 N–H and O–H groups in total. The molecule has 0 saturated heterocycles. The van der Waals surface area contributed by atoms with E-state index < -0.39 is 0 Å². The molecular formula is C13H20N2OS2. The number of rotatable bonds is 7. The van der Waals surface area contributed by atoms with E-state index in [1.165, 1.54) is 0 Å². The van der Waals surface area contributed by atoms with Crippen LogP contribution in [0, 0.1) is 0 Å². The minimum atomic E-state index is 0.0466. The molecule has 100 valence electrons. The Morgan fingerprint density at radius 3 is 2.83 bits per heavy atom. The van der Waals surface area contributed by atoms with Crippen molar-refractivity contribution in [3.05, 3.63) is 24.3 Å². The lowest BCUT2D eigenvalue weighted by atomic mass is 10.3. The van der Waals surface area contributed by atoms with E-state index in [1.54, 1.807) is 23.5 Å². The molecule has 1 atom stereocenters. The van der Waals surface area contributed by atoms with Gasteiger partial charge in [-0.05, 0) is 31.4 Å². The highest BCUT2D eigenvalue weighted by Gasteiger charge is 2.08. The van der Waals surface area contributed by atoms with Crippen molar-refractivity contribution < 1.29 is 4.79 Å². The van der Waals surface area contributed by atoms with Crippen LogP contribution < -0.4 is 11.1 Å². The van der Waals surface area contributed by atoms with Gasteiger partial charge in [0.2, 0.25) is 5.91 Å². The highest BCUT2D eigenvalue weighted by Crippen LogP contribution is 2.24. The van der Waals surface area contributed by atoms with Crippen molar-refractivity contribution in [2.24, 2.45) is 5.73 Å². The first-order valence-electron chi connectivity index (χ1n) is 5.92. The molecule has 0 aromatic heterocycles. The van der Waals surface area contributed by atoms with Crippen LogP contribution in [0.2, 0.25) is 0 Å². The van der Waals surface area contributed by atoms with Gasteiger partial charge < -0.3 is 11.1 Å². The maximum Gasteiger partial charge on any atom is 0.234 e. The summed E-state index contributed by atoms with van der Waals surface area (Å²) in [7, 11) is 0. The van der Waals surface area contributed by atoms with E-state index in [0.29, 0.717) is 17.5 Å². The highest BCUT2D eigenvalue weighted by molar-refractivity contribution is 8.00. The number of hydrogen-bond donors (Lipinski definition) is 2. The van der Waals surface area contributed by atoms with Crippen LogP contribution in [0.1, 0.15) is 13.3 Å². The molecule has 0 aliphatic rings. The van der Waals surface area contributed by atoms with Gasteiger partial charge in [-0.3, -0.25) is 4.79 Å². The Balaban J connectivity index is 2.44. The predicted octanol–water partition coefficient (Wildman–Crippen LogP) is 2.82. The number of nitrogens with one attached hydrogen (secondary N) is 1. The van der Waals surface area contributed by atoms with Crippen LogP contribution in [-0.4, -0.2) is 29.7 Å². The van der Waals surface area contributed by atoms with Crippen LogP contribution in [0.25, 0.3) is 0 Å². The molecule has 0 fully saturated rings. The van der Waals surface area contributed by atoms with Gasteiger partial charge >= 0.3 is 0 Å². The van der Waals surface area contributed by atoms with Crippen LogP contribution in [0.15, 0.2) is 29.2 Å². The number of benzene rings is 1. The van der Waals surface area contributed by atoms with Gasteiger partial charge in [-0.2, -0.15) is 0 Å². The third-order valence-electron chi connectivity index (χ3n) is 2.45. The van der Waals surface area contributed by atoms with E-state index in [4.69, 9.17) is 5.73 Å². The highest BCUT2D eigenvalue weighted by atomic mass is 32.2. The Labute approximate surface area is 117 Å². The summed E-state index contributed by atoms with van der Waals surface area (Å²) in [6.07, 6.45) is 2.95. The van der Waals surface area contributed by atoms with Gasteiger partial charge in [-0.15, -0.1) is 23.5 Å². The van der Waals surface area contributed by atoms with Gasteiger partial charge in [0.25, 0.3) is 0 Å². The summed E-state index contributed by atoms with van der Waals surface area (Å²) in [5, 5.41) is 3.37. The molecular weight excluding hydrogens is 264 g/mol. The van der Waals surface area contributed by atoms with Crippen molar-refractivity contribution in [2.75, 3.05) is 23.9 Å². The molecule has 18 heavy (non-hydrogen) atoms. The Kier molecular flexibility index (Phi) is 7.23. The van der Waals surface area contributed by atoms with E-state index in [-0.39, 0.29) is 5.91 Å². The lowest BCUT2D eigenvalue weighted by molar-refractivity contribution is -0.113. The second kappa shape index (κ2) is 8.45. The van der Waals surface area contributed by atoms with E-state index in [1.807, 2.05) is 30.5 Å². The van der Waals surface area contributed by atoms with Crippen molar-refractivity contribution in [1.29, 1.82) is 0 Å². The molecule has 0 bridgehead atoms. The smallest absolute Gasteiger partial charge is 0.234 e. The zero-order valence-electron chi connectivity index (χ0n) is 10.8. The number of carbonyl (C=O) groups is 1. The summed E-state index contributed by atoms with van der Waals surface area (Å²) >= 11 is 3.27. The Morgan fingerprint density at radius 1 is 1.44 bits per heavy atom. The number of para-hydroxylation sites is 1. The van der Waals surface area contributed by atoms with Crippen LogP contribution in [-0.2, 0) is 4.79 Å². The van der Waals surface area contributed by atoms with E-state index in [9.17, 15) is 4.79 Å². The van der Waals surface area contributed by atoms with Gasteiger partial charge in [-0.1, -0.05) is 19.1 Å². The first-order chi connectivity index (χ1) is 8.67. The van der Waals surface area contributed by atoms with Crippen molar-refractivity contribution in [1.82, 2.24) is 0 Å². The third-order valence-corrected chi connectivity index (χ3v) is 4.48. The number of amides is 1. The minimum absolute atomic E-state index is 0.0466. The molecule has 1 rings (SSSR count). The SMILES string of the molecule is CSc1ccccc1NC(=O)CSC(C)CCN. The fraction of sp³-hybridized carbons (Fsp3) is 0.462. The molecule has 3 nitrogen and oxygen atoms in total. The van der Waals surface area contributed by atoms with E-state index in [0.717, 1.165) is 17.0 Å². The van der Waals surface area contributed by atoms with Crippen molar-refractivity contribution in [3.63, 3.8) is 0 Å². The standard InChI is InChI=1S/C13H20N2OS2/c1-10(7-8-14)18-9-13(16)15-11-5-3-4-6-12(11)17-2/h3-6,10H,7-9,14H2,1-2H3,(H,15,16). The van der Waals surface area contributed by atoms with Crippen molar-refractivity contribution >= 4 is 35.1 Å². The average Bonchev–Trinajstić information content (AvgIpc) is 2.37. The summed E-state index contributed by atoms with van der Waals surface area (Å²) in [6, 6.07) is 7.83. The molecule has 1 unspecified atom stereocenters. The maximum absolute atomic E-state index is 11.8. The topological polar surface area (TPSA) is 55.1 Å². The monoisotopic (exact) mass is 284 g/mol. The first kappa shape index (κ1) is 15.4. The van der Waals surface area contributed by atoms with E-state index in [2.05, 4.69) is 12.2 Å². The molecule has 0 saturated carbocycles. The zero-order valence-corrected chi connectivity index (χ0v) is 12.4. The molecule has 1 aromatic carbocycles. The van der Waals surface area contributed by atoms with Gasteiger partial charge in [0.1, 0.15) is 0 Å². The van der Waals surface area contributed by atoms with Crippen molar-refractivity contribution in [3.8, 4) is 0 Å². The van der Waals surface area contributed by atoms with Gasteiger partial charge in [0, 0.05) is 10.1 Å². The zero-order chi connectivity index (χ0) is 13.4. The number of thioether (sulfide) groups is 2. The van der Waals surface area contributed by atoms with Crippen LogP contribution >= 0.6 is 23.5 Å². The van der Waals surface area contributed by atoms with Crippen LogP contribution in [0.3, 0.4) is 0 Å². The number of hydrogen-bond acceptors (Lipinski definition) is 4. The van der Waals surface area contributed by atoms with Gasteiger partial charge in [0.15, 0.2) is 0 Å². The number of carbonyl (C=O) groups excluding carboxylic acids is 1.